The third kappa shape index (κ3) is 3.79. The first-order valence-electron chi connectivity index (χ1n) is 8.25. The van der Waals surface area contributed by atoms with Crippen molar-refractivity contribution in [1.82, 2.24) is 5.32 Å². The van der Waals surface area contributed by atoms with E-state index in [9.17, 15) is 0 Å². The van der Waals surface area contributed by atoms with Gasteiger partial charge in [0.05, 0.1) is 0 Å². The van der Waals surface area contributed by atoms with Crippen molar-refractivity contribution in [3.63, 3.8) is 0 Å². The van der Waals surface area contributed by atoms with Gasteiger partial charge in [0.15, 0.2) is 0 Å². The number of rotatable bonds is 8. The Labute approximate surface area is 128 Å². The predicted molar refractivity (Wildman–Crippen MR) is 90.7 cm³/mol. The molecule has 0 saturated carbocycles. The number of benzene rings is 1. The van der Waals surface area contributed by atoms with Crippen LogP contribution in [0, 0.1) is 5.92 Å². The molecule has 0 amide bonds. The molecule has 2 unspecified atom stereocenters. The van der Waals surface area contributed by atoms with Gasteiger partial charge in [0.1, 0.15) is 0 Å². The van der Waals surface area contributed by atoms with Gasteiger partial charge in [-0.15, -0.1) is 11.8 Å². The van der Waals surface area contributed by atoms with E-state index in [0.29, 0.717) is 12.0 Å². The van der Waals surface area contributed by atoms with E-state index in [1.807, 2.05) is 11.8 Å². The lowest BCUT2D eigenvalue weighted by Gasteiger charge is -2.28. The second-order valence-electron chi connectivity index (χ2n) is 5.93. The first kappa shape index (κ1) is 15.9. The van der Waals surface area contributed by atoms with Gasteiger partial charge in [-0.1, -0.05) is 51.8 Å². The van der Waals surface area contributed by atoms with Gasteiger partial charge in [0.25, 0.3) is 0 Å². The van der Waals surface area contributed by atoms with E-state index in [2.05, 4.69) is 50.4 Å². The van der Waals surface area contributed by atoms with Crippen molar-refractivity contribution in [1.29, 1.82) is 0 Å². The molecule has 1 N–H and O–H groups in total. The summed E-state index contributed by atoms with van der Waals surface area (Å²) in [7, 11) is 0. The van der Waals surface area contributed by atoms with Crippen LogP contribution in [-0.2, 0) is 0 Å². The van der Waals surface area contributed by atoms with Crippen LogP contribution in [0.2, 0.25) is 0 Å². The van der Waals surface area contributed by atoms with Crippen LogP contribution in [0.1, 0.15) is 57.9 Å². The lowest BCUT2D eigenvalue weighted by atomic mass is 9.85. The summed E-state index contributed by atoms with van der Waals surface area (Å²) >= 11 is 2.04. The highest BCUT2D eigenvalue weighted by molar-refractivity contribution is 7.99. The number of nitrogens with one attached hydrogen (secondary N) is 1. The monoisotopic (exact) mass is 291 g/mol. The van der Waals surface area contributed by atoms with Crippen molar-refractivity contribution in [2.24, 2.45) is 5.92 Å². The van der Waals surface area contributed by atoms with Gasteiger partial charge in [-0.3, -0.25) is 0 Å². The Hall–Kier alpha value is -0.470. The minimum Gasteiger partial charge on any atom is -0.313 e. The summed E-state index contributed by atoms with van der Waals surface area (Å²) in [6.07, 6.45) is 5.16. The molecule has 2 atom stereocenters. The lowest BCUT2D eigenvalue weighted by molar-refractivity contribution is 0.338. The molecular formula is C18H29NS. The Morgan fingerprint density at radius 2 is 1.95 bits per heavy atom. The number of hydrogen-bond acceptors (Lipinski definition) is 2. The summed E-state index contributed by atoms with van der Waals surface area (Å²) in [5.74, 6) is 2.81. The number of thioether (sulfide) groups is 1. The Balaban J connectivity index is 2.10. The van der Waals surface area contributed by atoms with Crippen molar-refractivity contribution in [2.45, 2.75) is 63.3 Å². The van der Waals surface area contributed by atoms with Gasteiger partial charge >= 0.3 is 0 Å². The summed E-state index contributed by atoms with van der Waals surface area (Å²) in [5.41, 5.74) is 1.58. The molecule has 112 valence electrons. The maximum absolute atomic E-state index is 3.84. The van der Waals surface area contributed by atoms with Crippen molar-refractivity contribution >= 4 is 11.8 Å². The van der Waals surface area contributed by atoms with Crippen molar-refractivity contribution in [3.8, 4) is 0 Å². The summed E-state index contributed by atoms with van der Waals surface area (Å²) < 4.78 is 0. The molecule has 2 rings (SSSR count). The lowest BCUT2D eigenvalue weighted by Crippen LogP contribution is -2.37. The molecule has 2 heteroatoms. The molecule has 0 spiro atoms. The largest absolute Gasteiger partial charge is 0.313 e. The van der Waals surface area contributed by atoms with Crippen LogP contribution in [0.5, 0.6) is 0 Å². The summed E-state index contributed by atoms with van der Waals surface area (Å²) in [4.78, 5) is 1.50. The average Bonchev–Trinajstić information content (AvgIpc) is 2.92. The van der Waals surface area contributed by atoms with E-state index in [-0.39, 0.29) is 0 Å². The standard InChI is InChI=1S/C18H29NS/c1-4-11-19-17(12-14(5-2)6-3)16-13-20-18-10-8-7-9-15(16)18/h7-10,14,16-17,19H,4-6,11-13H2,1-3H3. The van der Waals surface area contributed by atoms with Gasteiger partial charge in [-0.05, 0) is 36.9 Å². The molecule has 1 aliphatic rings. The van der Waals surface area contributed by atoms with Crippen molar-refractivity contribution < 1.29 is 0 Å². The molecule has 0 fully saturated rings. The zero-order chi connectivity index (χ0) is 14.4. The predicted octanol–water partition coefficient (Wildman–Crippen LogP) is 5.07. The summed E-state index contributed by atoms with van der Waals surface area (Å²) in [6, 6.07) is 9.65. The van der Waals surface area contributed by atoms with E-state index in [0.717, 1.165) is 12.5 Å². The van der Waals surface area contributed by atoms with Gasteiger partial charge in [0, 0.05) is 22.6 Å². The fourth-order valence-electron chi connectivity index (χ4n) is 3.22. The minimum atomic E-state index is 0.649. The van der Waals surface area contributed by atoms with E-state index in [1.54, 1.807) is 5.56 Å². The summed E-state index contributed by atoms with van der Waals surface area (Å²) in [5, 5.41) is 3.84. The molecule has 1 aliphatic heterocycles. The van der Waals surface area contributed by atoms with Crippen LogP contribution >= 0.6 is 11.8 Å². The molecule has 1 aromatic carbocycles. The highest BCUT2D eigenvalue weighted by Crippen LogP contribution is 2.42. The first-order chi connectivity index (χ1) is 9.80. The van der Waals surface area contributed by atoms with Gasteiger partial charge < -0.3 is 5.32 Å². The van der Waals surface area contributed by atoms with Gasteiger partial charge in [0.2, 0.25) is 0 Å². The number of hydrogen-bond donors (Lipinski definition) is 1. The molecular weight excluding hydrogens is 262 g/mol. The number of fused-ring (bicyclic) bond motifs is 1. The highest BCUT2D eigenvalue weighted by Gasteiger charge is 2.30. The van der Waals surface area contributed by atoms with Crippen LogP contribution < -0.4 is 5.32 Å². The quantitative estimate of drug-likeness (QED) is 0.717. The Morgan fingerprint density at radius 1 is 1.20 bits per heavy atom. The summed E-state index contributed by atoms with van der Waals surface area (Å²) in [6.45, 7) is 8.08. The molecule has 1 heterocycles. The molecule has 1 nitrogen and oxygen atoms in total. The van der Waals surface area contributed by atoms with E-state index < -0.39 is 0 Å². The van der Waals surface area contributed by atoms with Crippen LogP contribution in [-0.4, -0.2) is 18.3 Å². The van der Waals surface area contributed by atoms with Crippen LogP contribution in [0.3, 0.4) is 0 Å². The van der Waals surface area contributed by atoms with Crippen LogP contribution in [0.4, 0.5) is 0 Å². The van der Waals surface area contributed by atoms with Crippen LogP contribution in [0.15, 0.2) is 29.2 Å². The second kappa shape index (κ2) is 8.09. The maximum Gasteiger partial charge on any atom is 0.0147 e. The highest BCUT2D eigenvalue weighted by atomic mass is 32.2. The van der Waals surface area contributed by atoms with E-state index >= 15 is 0 Å². The Morgan fingerprint density at radius 3 is 2.65 bits per heavy atom. The van der Waals surface area contributed by atoms with Crippen molar-refractivity contribution in [2.75, 3.05) is 12.3 Å². The van der Waals surface area contributed by atoms with E-state index in [4.69, 9.17) is 0 Å². The molecule has 0 saturated heterocycles. The third-order valence-corrected chi connectivity index (χ3v) is 5.83. The SMILES string of the molecule is CCCNC(CC(CC)CC)C1CSc2ccccc21. The van der Waals surface area contributed by atoms with Gasteiger partial charge in [-0.2, -0.15) is 0 Å². The smallest absolute Gasteiger partial charge is 0.0147 e. The zero-order valence-electron chi connectivity index (χ0n) is 13.2. The fourth-order valence-corrected chi connectivity index (χ4v) is 4.55. The molecule has 1 aromatic rings. The maximum atomic E-state index is 3.84. The fraction of sp³-hybridized carbons (Fsp3) is 0.667. The molecule has 0 bridgehead atoms. The van der Waals surface area contributed by atoms with E-state index in [1.165, 1.54) is 36.3 Å². The molecule has 0 aliphatic carbocycles. The molecule has 0 radical (unpaired) electrons. The van der Waals surface area contributed by atoms with Crippen molar-refractivity contribution in [3.05, 3.63) is 29.8 Å². The van der Waals surface area contributed by atoms with Gasteiger partial charge in [-0.25, -0.2) is 0 Å². The average molecular weight is 292 g/mol. The normalized spacial score (nSPS) is 19.3. The Bertz CT molecular complexity index is 400. The Kier molecular flexibility index (Phi) is 6.44. The topological polar surface area (TPSA) is 12.0 Å². The minimum absolute atomic E-state index is 0.649. The van der Waals surface area contributed by atoms with Crippen LogP contribution in [0.25, 0.3) is 0 Å². The second-order valence-corrected chi connectivity index (χ2v) is 7.00. The first-order valence-corrected chi connectivity index (χ1v) is 9.23. The zero-order valence-corrected chi connectivity index (χ0v) is 14.0. The molecule has 20 heavy (non-hydrogen) atoms. The molecule has 0 aromatic heterocycles. The third-order valence-electron chi connectivity index (χ3n) is 4.62.